The Morgan fingerprint density at radius 1 is 0.729 bits per heavy atom. The molecular weight excluding hydrogens is 649 g/mol. The summed E-state index contributed by atoms with van der Waals surface area (Å²) in [5, 5.41) is 13.9. The monoisotopic (exact) mass is 687 g/mol. The van der Waals surface area contributed by atoms with Crippen LogP contribution in [0.5, 0.6) is 11.6 Å². The molecule has 2 amide bonds. The third-order valence-corrected chi connectivity index (χ3v) is 9.69. The maximum absolute atomic E-state index is 11.5. The van der Waals surface area contributed by atoms with Gasteiger partial charge in [-0.2, -0.15) is 0 Å². The normalized spacial score (nSPS) is 17.3. The van der Waals surface area contributed by atoms with Gasteiger partial charge in [0.05, 0.1) is 30.0 Å². The summed E-state index contributed by atoms with van der Waals surface area (Å²) in [7, 11) is 3.26. The van der Waals surface area contributed by atoms with Crippen LogP contribution in [0.25, 0.3) is 33.5 Å². The van der Waals surface area contributed by atoms with Crippen molar-refractivity contribution in [1.82, 2.24) is 26.3 Å². The first-order valence-corrected chi connectivity index (χ1v) is 16.9. The van der Waals surface area contributed by atoms with Gasteiger partial charge in [-0.05, 0) is 30.5 Å². The van der Waals surface area contributed by atoms with E-state index in [9.17, 15) is 9.59 Å². The van der Waals surface area contributed by atoms with Crippen molar-refractivity contribution in [2.24, 2.45) is 0 Å². The van der Waals surface area contributed by atoms with Gasteiger partial charge in [0.2, 0.25) is 17.7 Å². The Bertz CT molecular complexity index is 1690. The highest BCUT2D eigenvalue weighted by atomic mass is 35.5. The second kappa shape index (κ2) is 15.4. The number of amides is 2. The zero-order chi connectivity index (χ0) is 33.6. The standard InChI is InChI=1S/C37H39Cl2N5O4/c1-47-32-17-22(9-10-23(32)18-40-20-25-12-15-33(45)42-25)27-5-3-6-28(35(27)38)29-7-4-8-30(36(29)39)31-14-11-24(37(44-31)48-2)19-41-21-26-13-16-34(46)43-26/h3-11,14,17,25-26,40-41H,12-13,15-16,18-21H2,1-2H3,(H,42,45)(H,43,46)/t25-,26-/m0/s1. The molecule has 2 aliphatic heterocycles. The molecule has 2 atom stereocenters. The van der Waals surface area contributed by atoms with Crippen molar-refractivity contribution in [3.63, 3.8) is 0 Å². The van der Waals surface area contributed by atoms with Gasteiger partial charge in [-0.15, -0.1) is 0 Å². The first kappa shape index (κ1) is 33.7. The van der Waals surface area contributed by atoms with Gasteiger partial charge in [-0.3, -0.25) is 9.59 Å². The molecule has 2 fully saturated rings. The molecule has 0 aliphatic carbocycles. The van der Waals surface area contributed by atoms with Crippen molar-refractivity contribution in [1.29, 1.82) is 0 Å². The molecule has 0 radical (unpaired) electrons. The fourth-order valence-electron chi connectivity index (χ4n) is 6.31. The molecular formula is C37H39Cl2N5O4. The van der Waals surface area contributed by atoms with Crippen LogP contribution < -0.4 is 30.7 Å². The largest absolute Gasteiger partial charge is 0.496 e. The zero-order valence-corrected chi connectivity index (χ0v) is 28.5. The quantitative estimate of drug-likeness (QED) is 0.134. The SMILES string of the molecule is COc1cc(-c2cccc(-c3cccc(-c4ccc(CNC[C@@H]5CCC(=O)N5)c(OC)n4)c3Cl)c2Cl)ccc1CNC[C@@H]1CCC(=O)N1. The van der Waals surface area contributed by atoms with Crippen molar-refractivity contribution in [2.45, 2.75) is 50.9 Å². The number of aromatic nitrogens is 1. The van der Waals surface area contributed by atoms with E-state index in [0.29, 0.717) is 60.6 Å². The average Bonchev–Trinajstić information content (AvgIpc) is 3.72. The second-order valence-electron chi connectivity index (χ2n) is 12.1. The molecule has 0 unspecified atom stereocenters. The van der Waals surface area contributed by atoms with Crippen LogP contribution in [0.2, 0.25) is 10.0 Å². The molecule has 11 heteroatoms. The van der Waals surface area contributed by atoms with Crippen molar-refractivity contribution >= 4 is 35.0 Å². The minimum absolute atomic E-state index is 0.101. The summed E-state index contributed by atoms with van der Waals surface area (Å²) in [6.07, 6.45) is 2.85. The van der Waals surface area contributed by atoms with Gasteiger partial charge in [0, 0.05) is 84.5 Å². The Morgan fingerprint density at radius 3 is 1.88 bits per heavy atom. The smallest absolute Gasteiger partial charge is 0.220 e. The molecule has 4 N–H and O–H groups in total. The summed E-state index contributed by atoms with van der Waals surface area (Å²) in [5.74, 6) is 1.47. The van der Waals surface area contributed by atoms with Crippen LogP contribution in [0.3, 0.4) is 0 Å². The predicted octanol–water partition coefficient (Wildman–Crippen LogP) is 6.14. The molecule has 250 valence electrons. The van der Waals surface area contributed by atoms with Gasteiger partial charge < -0.3 is 30.7 Å². The van der Waals surface area contributed by atoms with E-state index in [-0.39, 0.29) is 23.9 Å². The van der Waals surface area contributed by atoms with Crippen LogP contribution in [0, 0.1) is 0 Å². The molecule has 2 saturated heterocycles. The summed E-state index contributed by atoms with van der Waals surface area (Å²) in [6.45, 7) is 2.56. The Hall–Kier alpha value is -4.15. The van der Waals surface area contributed by atoms with Crippen LogP contribution in [0.4, 0.5) is 0 Å². The molecule has 0 saturated carbocycles. The van der Waals surface area contributed by atoms with Crippen LogP contribution in [-0.4, -0.2) is 56.2 Å². The highest BCUT2D eigenvalue weighted by Crippen LogP contribution is 2.43. The first-order chi connectivity index (χ1) is 23.3. The summed E-state index contributed by atoms with van der Waals surface area (Å²) in [5.41, 5.74) is 6.74. The Balaban J connectivity index is 1.20. The van der Waals surface area contributed by atoms with E-state index in [2.05, 4.69) is 21.3 Å². The number of pyridine rings is 1. The van der Waals surface area contributed by atoms with E-state index in [1.807, 2.05) is 66.7 Å². The molecule has 0 spiro atoms. The molecule has 3 heterocycles. The zero-order valence-electron chi connectivity index (χ0n) is 27.0. The number of nitrogens with one attached hydrogen (secondary N) is 4. The van der Waals surface area contributed by atoms with E-state index in [1.54, 1.807) is 14.2 Å². The molecule has 1 aromatic heterocycles. The molecule has 9 nitrogen and oxygen atoms in total. The number of methoxy groups -OCH3 is 2. The van der Waals surface area contributed by atoms with Gasteiger partial charge in [0.15, 0.2) is 0 Å². The lowest BCUT2D eigenvalue weighted by Crippen LogP contribution is -2.35. The summed E-state index contributed by atoms with van der Waals surface area (Å²) in [6, 6.07) is 22.0. The lowest BCUT2D eigenvalue weighted by Gasteiger charge is -2.17. The lowest BCUT2D eigenvalue weighted by atomic mass is 9.96. The highest BCUT2D eigenvalue weighted by molar-refractivity contribution is 6.39. The first-order valence-electron chi connectivity index (χ1n) is 16.1. The summed E-state index contributed by atoms with van der Waals surface area (Å²) >= 11 is 14.2. The van der Waals surface area contributed by atoms with Crippen LogP contribution in [0.15, 0.2) is 66.7 Å². The molecule has 48 heavy (non-hydrogen) atoms. The Kier molecular flexibility index (Phi) is 10.8. The third kappa shape index (κ3) is 7.60. The second-order valence-corrected chi connectivity index (χ2v) is 12.8. The predicted molar refractivity (Wildman–Crippen MR) is 189 cm³/mol. The Morgan fingerprint density at radius 2 is 1.29 bits per heavy atom. The van der Waals surface area contributed by atoms with E-state index >= 15 is 0 Å². The van der Waals surface area contributed by atoms with Crippen LogP contribution in [-0.2, 0) is 22.7 Å². The number of halogens is 2. The van der Waals surface area contributed by atoms with E-state index < -0.39 is 0 Å². The molecule has 4 aromatic rings. The number of ether oxygens (including phenoxy) is 2. The maximum atomic E-state index is 11.5. The van der Waals surface area contributed by atoms with Gasteiger partial charge in [0.25, 0.3) is 0 Å². The number of carbonyl (C=O) groups excluding carboxylic acids is 2. The van der Waals surface area contributed by atoms with Gasteiger partial charge >= 0.3 is 0 Å². The molecule has 0 bridgehead atoms. The number of benzene rings is 3. The van der Waals surface area contributed by atoms with Gasteiger partial charge in [-0.25, -0.2) is 4.98 Å². The highest BCUT2D eigenvalue weighted by Gasteiger charge is 2.22. The third-order valence-electron chi connectivity index (χ3n) is 8.88. The molecule has 6 rings (SSSR count). The van der Waals surface area contributed by atoms with Gasteiger partial charge in [0.1, 0.15) is 5.75 Å². The number of hydrogen-bond acceptors (Lipinski definition) is 7. The summed E-state index contributed by atoms with van der Waals surface area (Å²) < 4.78 is 11.4. The Labute approximate surface area is 290 Å². The van der Waals surface area contributed by atoms with Gasteiger partial charge in [-0.1, -0.05) is 77.8 Å². The number of carbonyl (C=O) groups is 2. The average molecular weight is 689 g/mol. The fraction of sp³-hybridized carbons (Fsp3) is 0.324. The molecule has 3 aromatic carbocycles. The van der Waals surface area contributed by atoms with E-state index in [4.69, 9.17) is 37.7 Å². The lowest BCUT2D eigenvalue weighted by molar-refractivity contribution is -0.120. The number of nitrogens with zero attached hydrogens (tertiary/aromatic N) is 1. The fourth-order valence-corrected chi connectivity index (χ4v) is 6.97. The van der Waals surface area contributed by atoms with E-state index in [1.165, 1.54) is 0 Å². The van der Waals surface area contributed by atoms with Crippen LogP contribution in [0.1, 0.15) is 36.8 Å². The number of hydrogen-bond donors (Lipinski definition) is 4. The van der Waals surface area contributed by atoms with Crippen molar-refractivity contribution in [2.75, 3.05) is 27.3 Å². The van der Waals surface area contributed by atoms with Crippen molar-refractivity contribution in [3.05, 3.63) is 87.9 Å². The molecule has 2 aliphatic rings. The van der Waals surface area contributed by atoms with Crippen molar-refractivity contribution in [3.8, 4) is 45.1 Å². The van der Waals surface area contributed by atoms with E-state index in [0.717, 1.165) is 57.5 Å². The maximum Gasteiger partial charge on any atom is 0.220 e. The topological polar surface area (TPSA) is 114 Å². The minimum Gasteiger partial charge on any atom is -0.496 e. The summed E-state index contributed by atoms with van der Waals surface area (Å²) in [4.78, 5) is 27.8. The van der Waals surface area contributed by atoms with Crippen molar-refractivity contribution < 1.29 is 19.1 Å². The minimum atomic E-state index is 0.101. The van der Waals surface area contributed by atoms with Crippen LogP contribution >= 0.6 is 23.2 Å². The number of rotatable bonds is 13.